The van der Waals surface area contributed by atoms with Gasteiger partial charge in [-0.15, -0.1) is 0 Å². The second kappa shape index (κ2) is 14.1. The van der Waals surface area contributed by atoms with Gasteiger partial charge in [0.25, 0.3) is 0 Å². The van der Waals surface area contributed by atoms with Gasteiger partial charge in [0.05, 0.1) is 11.8 Å². The van der Waals surface area contributed by atoms with Gasteiger partial charge in [-0.2, -0.15) is 4.58 Å². The zero-order valence-electron chi connectivity index (χ0n) is 30.4. The number of halogens is 1. The van der Waals surface area contributed by atoms with Crippen molar-refractivity contribution in [3.05, 3.63) is 131 Å². The summed E-state index contributed by atoms with van der Waals surface area (Å²) < 4.78 is 3.09. The lowest BCUT2D eigenvalue weighted by Crippen LogP contribution is -2.28. The van der Waals surface area contributed by atoms with E-state index in [-0.39, 0.29) is 23.7 Å². The summed E-state index contributed by atoms with van der Waals surface area (Å²) >= 11 is 2.48. The summed E-state index contributed by atoms with van der Waals surface area (Å²) in [7, 11) is 0. The first-order valence-corrected chi connectivity index (χ1v) is 19.7. The molecule has 4 aromatic rings. The van der Waals surface area contributed by atoms with E-state index in [0.29, 0.717) is 13.1 Å². The van der Waals surface area contributed by atoms with E-state index in [2.05, 4.69) is 157 Å². The standard InChI is InChI=1S/C45H45IN2O4/c1-44(2)38(47(26-24-40(49)50)36-20-16-29-10-5-7-14-33(29)42(36)44)22-18-31-12-9-13-32(35(31)28-46)19-23-39-45(3,4)43-34-15-8-6-11-30(34)17-21-37(43)48(39)27-25-41(51)52/h5-8,10-11,14-23H,9,12-13,24-28H2,1-4H3,(H-,49,50,51,52)/p+1. The Labute approximate surface area is 319 Å². The molecule has 266 valence electrons. The van der Waals surface area contributed by atoms with Gasteiger partial charge in [0.2, 0.25) is 5.69 Å². The van der Waals surface area contributed by atoms with Crippen LogP contribution in [0.2, 0.25) is 0 Å². The molecule has 0 atom stereocenters. The van der Waals surface area contributed by atoms with Crippen LogP contribution in [0.4, 0.5) is 11.4 Å². The number of rotatable bonds is 10. The molecule has 7 heteroatoms. The SMILES string of the molecule is CC1(C)C(/C=C/C2=C(CI)C(=C/C=C3/N(CCC(=O)O)c4ccc5ccccc5c4C3(C)C)/CCC2)=[N+](CCC(=O)O)c2ccc3ccccc3c21. The predicted octanol–water partition coefficient (Wildman–Crippen LogP) is 10.4. The van der Waals surface area contributed by atoms with Gasteiger partial charge >= 0.3 is 11.9 Å². The minimum absolute atomic E-state index is 0.0580. The zero-order chi connectivity index (χ0) is 36.8. The van der Waals surface area contributed by atoms with Crippen molar-refractivity contribution in [2.75, 3.05) is 22.4 Å². The van der Waals surface area contributed by atoms with Crippen LogP contribution in [-0.2, 0) is 20.4 Å². The van der Waals surface area contributed by atoms with E-state index in [4.69, 9.17) is 0 Å². The molecule has 4 aromatic carbocycles. The Hall–Kier alpha value is -4.50. The first kappa shape index (κ1) is 35.9. The van der Waals surface area contributed by atoms with Gasteiger partial charge in [-0.3, -0.25) is 9.59 Å². The van der Waals surface area contributed by atoms with Gasteiger partial charge in [0.1, 0.15) is 6.42 Å². The first-order valence-electron chi connectivity index (χ1n) is 18.2. The Morgan fingerprint density at radius 1 is 0.788 bits per heavy atom. The maximum Gasteiger partial charge on any atom is 0.309 e. The minimum Gasteiger partial charge on any atom is -0.481 e. The number of benzene rings is 4. The molecule has 2 N–H and O–H groups in total. The Kier molecular flexibility index (Phi) is 9.76. The highest BCUT2D eigenvalue weighted by Gasteiger charge is 2.46. The molecule has 0 amide bonds. The number of nitrogens with zero attached hydrogens (tertiary/aromatic N) is 2. The van der Waals surface area contributed by atoms with Crippen LogP contribution in [-0.4, -0.2) is 50.0 Å². The zero-order valence-corrected chi connectivity index (χ0v) is 32.5. The molecule has 0 fully saturated rings. The average molecular weight is 806 g/mol. The van der Waals surface area contributed by atoms with Gasteiger partial charge in [0, 0.05) is 45.5 Å². The molecule has 6 nitrogen and oxygen atoms in total. The quantitative estimate of drug-likeness (QED) is 0.0948. The molecule has 0 spiro atoms. The van der Waals surface area contributed by atoms with Gasteiger partial charge in [0.15, 0.2) is 12.3 Å². The van der Waals surface area contributed by atoms with Gasteiger partial charge < -0.3 is 15.1 Å². The van der Waals surface area contributed by atoms with Crippen molar-refractivity contribution in [1.82, 2.24) is 0 Å². The average Bonchev–Trinajstić information content (AvgIpc) is 3.49. The molecule has 0 aromatic heterocycles. The van der Waals surface area contributed by atoms with Crippen molar-refractivity contribution in [2.45, 2.75) is 70.6 Å². The van der Waals surface area contributed by atoms with Crippen LogP contribution in [0.5, 0.6) is 0 Å². The molecule has 52 heavy (non-hydrogen) atoms. The molecule has 2 aliphatic heterocycles. The number of carbonyl (C=O) groups is 2. The number of hydrogen-bond acceptors (Lipinski definition) is 3. The van der Waals surface area contributed by atoms with Crippen molar-refractivity contribution in [2.24, 2.45) is 0 Å². The first-order chi connectivity index (χ1) is 24.9. The number of anilines is 1. The molecular formula is C45H46IN2O4+. The van der Waals surface area contributed by atoms with E-state index in [1.54, 1.807) is 0 Å². The number of allylic oxidation sites excluding steroid dienone is 8. The number of alkyl halides is 1. The molecule has 1 aliphatic carbocycles. The number of fused-ring (bicyclic) bond motifs is 6. The van der Waals surface area contributed by atoms with E-state index >= 15 is 0 Å². The van der Waals surface area contributed by atoms with Crippen LogP contribution >= 0.6 is 22.6 Å². The highest BCUT2D eigenvalue weighted by Crippen LogP contribution is 2.51. The molecule has 0 saturated carbocycles. The van der Waals surface area contributed by atoms with Crippen molar-refractivity contribution < 1.29 is 24.4 Å². The lowest BCUT2D eigenvalue weighted by molar-refractivity contribution is -0.436. The largest absolute Gasteiger partial charge is 0.481 e. The molecule has 0 bridgehead atoms. The fourth-order valence-electron chi connectivity index (χ4n) is 8.84. The topological polar surface area (TPSA) is 80.9 Å². The van der Waals surface area contributed by atoms with Gasteiger partial charge in [-0.1, -0.05) is 103 Å². The molecule has 0 radical (unpaired) electrons. The Balaban J connectivity index is 1.29. The van der Waals surface area contributed by atoms with E-state index in [1.807, 2.05) is 0 Å². The van der Waals surface area contributed by atoms with Crippen molar-refractivity contribution >= 4 is 73.2 Å². The summed E-state index contributed by atoms with van der Waals surface area (Å²) in [5.74, 6) is -1.60. The summed E-state index contributed by atoms with van der Waals surface area (Å²) in [6.07, 6.45) is 12.2. The Morgan fingerprint density at radius 3 is 2.12 bits per heavy atom. The molecule has 0 unspecified atom stereocenters. The van der Waals surface area contributed by atoms with Crippen molar-refractivity contribution in [1.29, 1.82) is 0 Å². The fraction of sp³-hybridized carbons (Fsp3) is 0.311. The highest BCUT2D eigenvalue weighted by molar-refractivity contribution is 14.1. The fourth-order valence-corrected chi connectivity index (χ4v) is 9.82. The summed E-state index contributed by atoms with van der Waals surface area (Å²) in [4.78, 5) is 25.8. The van der Waals surface area contributed by atoms with Gasteiger partial charge in [-0.05, 0) is 95.1 Å². The second-order valence-electron chi connectivity index (χ2n) is 15.2. The lowest BCUT2D eigenvalue weighted by atomic mass is 9.78. The summed E-state index contributed by atoms with van der Waals surface area (Å²) in [6.45, 7) is 9.84. The number of aliphatic carboxylic acids is 2. The van der Waals surface area contributed by atoms with E-state index in [1.165, 1.54) is 49.4 Å². The third-order valence-corrected chi connectivity index (χ3v) is 12.1. The van der Waals surface area contributed by atoms with Crippen LogP contribution in [0, 0.1) is 0 Å². The number of carboxylic acid groups (broad SMARTS) is 2. The number of hydrogen-bond donors (Lipinski definition) is 2. The summed E-state index contributed by atoms with van der Waals surface area (Å²) in [5.41, 5.74) is 10.2. The molecule has 0 saturated heterocycles. The second-order valence-corrected chi connectivity index (χ2v) is 15.9. The van der Waals surface area contributed by atoms with Crippen LogP contribution in [0.1, 0.15) is 70.9 Å². The van der Waals surface area contributed by atoms with Crippen molar-refractivity contribution in [3.63, 3.8) is 0 Å². The Bertz CT molecular complexity index is 2290. The van der Waals surface area contributed by atoms with E-state index < -0.39 is 11.9 Å². The predicted molar refractivity (Wildman–Crippen MR) is 221 cm³/mol. The Morgan fingerprint density at radius 2 is 1.44 bits per heavy atom. The smallest absolute Gasteiger partial charge is 0.309 e. The summed E-state index contributed by atoms with van der Waals surface area (Å²) in [6, 6.07) is 25.5. The third-order valence-electron chi connectivity index (χ3n) is 11.3. The molecule has 2 heterocycles. The normalized spacial score (nSPS) is 19.4. The summed E-state index contributed by atoms with van der Waals surface area (Å²) in [5, 5.41) is 24.1. The van der Waals surface area contributed by atoms with Crippen molar-refractivity contribution in [3.8, 4) is 0 Å². The molecule has 7 rings (SSSR count). The minimum atomic E-state index is -0.801. The number of carboxylic acids is 2. The molecular weight excluding hydrogens is 759 g/mol. The monoisotopic (exact) mass is 805 g/mol. The van der Waals surface area contributed by atoms with E-state index in [9.17, 15) is 19.8 Å². The van der Waals surface area contributed by atoms with Crippen LogP contribution < -0.4 is 4.90 Å². The highest BCUT2D eigenvalue weighted by atomic mass is 127. The van der Waals surface area contributed by atoms with Crippen LogP contribution in [0.3, 0.4) is 0 Å². The van der Waals surface area contributed by atoms with Crippen LogP contribution in [0.15, 0.2) is 120 Å². The molecule has 3 aliphatic rings. The van der Waals surface area contributed by atoms with Gasteiger partial charge in [-0.25, -0.2) is 0 Å². The maximum atomic E-state index is 11.8. The maximum absolute atomic E-state index is 11.8. The third kappa shape index (κ3) is 6.31. The van der Waals surface area contributed by atoms with Crippen LogP contribution in [0.25, 0.3) is 21.5 Å². The lowest BCUT2D eigenvalue weighted by Gasteiger charge is -2.27. The van der Waals surface area contributed by atoms with E-state index in [0.717, 1.165) is 46.5 Å².